The summed E-state index contributed by atoms with van der Waals surface area (Å²) in [5.41, 5.74) is -0.375. The average molecular weight is 412 g/mol. The first-order chi connectivity index (χ1) is 12.7. The van der Waals surface area contributed by atoms with Gasteiger partial charge in [-0.2, -0.15) is 0 Å². The summed E-state index contributed by atoms with van der Waals surface area (Å²) in [4.78, 5) is 8.49. The third-order valence-corrected chi connectivity index (χ3v) is 6.18. The third kappa shape index (κ3) is 3.28. The van der Waals surface area contributed by atoms with Crippen LogP contribution < -0.4 is 4.72 Å². The van der Waals surface area contributed by atoms with Gasteiger partial charge < -0.3 is 4.42 Å². The Balaban J connectivity index is 1.91. The topological polar surface area (TPSA) is 111 Å². The Morgan fingerprint density at radius 3 is 2.59 bits per heavy atom. The van der Waals surface area contributed by atoms with Crippen LogP contribution in [0.15, 0.2) is 21.4 Å². The van der Waals surface area contributed by atoms with E-state index >= 15 is 0 Å². The smallest absolute Gasteiger partial charge is 0.267 e. The Morgan fingerprint density at radius 1 is 1.26 bits per heavy atom. The number of sulfonamides is 1. The van der Waals surface area contributed by atoms with E-state index in [9.17, 15) is 12.8 Å². The molecule has 2 heterocycles. The second kappa shape index (κ2) is 6.18. The number of hydrogen-bond donors (Lipinski definition) is 1. The second-order valence-corrected chi connectivity index (χ2v) is 8.66. The number of fused-ring (bicyclic) bond motifs is 1. The van der Waals surface area contributed by atoms with Gasteiger partial charge in [0.2, 0.25) is 15.9 Å². The van der Waals surface area contributed by atoms with E-state index in [1.54, 1.807) is 13.8 Å². The van der Waals surface area contributed by atoms with Gasteiger partial charge in [-0.15, -0.1) is 10.2 Å². The summed E-state index contributed by atoms with van der Waals surface area (Å²) in [6.45, 7) is 2.54. The molecule has 0 radical (unpaired) electrons. The molecule has 0 amide bonds. The summed E-state index contributed by atoms with van der Waals surface area (Å²) >= 11 is 6.30. The van der Waals surface area contributed by atoms with Crippen LogP contribution in [0.5, 0.6) is 0 Å². The van der Waals surface area contributed by atoms with Gasteiger partial charge in [0.1, 0.15) is 18.2 Å². The van der Waals surface area contributed by atoms with Gasteiger partial charge in [0.25, 0.3) is 5.89 Å². The molecular formula is C16H15ClFN5O3S. The van der Waals surface area contributed by atoms with E-state index < -0.39 is 22.2 Å². The van der Waals surface area contributed by atoms with Crippen LogP contribution in [0, 0.1) is 13.8 Å². The van der Waals surface area contributed by atoms with Crippen LogP contribution in [-0.4, -0.2) is 40.8 Å². The molecule has 1 fully saturated rings. The Morgan fingerprint density at radius 2 is 2.00 bits per heavy atom. The minimum Gasteiger partial charge on any atom is -0.420 e. The van der Waals surface area contributed by atoms with Crippen LogP contribution in [0.1, 0.15) is 24.6 Å². The largest absolute Gasteiger partial charge is 0.420 e. The van der Waals surface area contributed by atoms with E-state index in [0.717, 1.165) is 0 Å². The standard InChI is InChI=1S/C16H15ClFN5O3S/c1-8-19-13-11(14(20-8)15-22-21-9(2)26-15)5-10(6-12(13)17)27(24,25)23-16(7-18)3-4-16/h5-6,23H,3-4,7H2,1-2H3. The molecule has 0 bridgehead atoms. The lowest BCUT2D eigenvalue weighted by Gasteiger charge is -2.15. The van der Waals surface area contributed by atoms with Crippen molar-refractivity contribution >= 4 is 32.5 Å². The molecule has 0 spiro atoms. The number of aryl methyl sites for hydroxylation is 2. The van der Waals surface area contributed by atoms with Crippen molar-refractivity contribution in [3.8, 4) is 11.6 Å². The fourth-order valence-electron chi connectivity index (χ4n) is 2.75. The first-order valence-corrected chi connectivity index (χ1v) is 9.97. The maximum absolute atomic E-state index is 13.1. The summed E-state index contributed by atoms with van der Waals surface area (Å²) in [6.07, 6.45) is 0.914. The van der Waals surface area contributed by atoms with E-state index in [2.05, 4.69) is 24.9 Å². The molecule has 1 aliphatic carbocycles. The number of rotatable bonds is 5. The zero-order chi connectivity index (χ0) is 19.4. The third-order valence-electron chi connectivity index (χ3n) is 4.34. The van der Waals surface area contributed by atoms with Crippen molar-refractivity contribution in [1.29, 1.82) is 0 Å². The SMILES string of the molecule is Cc1nc(-c2nnc(C)o2)c2cc(S(=O)(=O)NC3(CF)CC3)cc(Cl)c2n1. The molecule has 3 aromatic rings. The van der Waals surface area contributed by atoms with Gasteiger partial charge in [-0.3, -0.25) is 0 Å². The van der Waals surface area contributed by atoms with Crippen molar-refractivity contribution in [1.82, 2.24) is 24.9 Å². The number of aromatic nitrogens is 4. The Bertz CT molecular complexity index is 1160. The van der Waals surface area contributed by atoms with Gasteiger partial charge in [-0.25, -0.2) is 27.5 Å². The molecule has 4 rings (SSSR count). The first kappa shape index (κ1) is 18.2. The van der Waals surface area contributed by atoms with Gasteiger partial charge in [-0.1, -0.05) is 11.6 Å². The van der Waals surface area contributed by atoms with Crippen LogP contribution in [0.4, 0.5) is 4.39 Å². The number of alkyl halides is 1. The highest BCUT2D eigenvalue weighted by Crippen LogP contribution is 2.38. The van der Waals surface area contributed by atoms with Crippen LogP contribution in [-0.2, 0) is 10.0 Å². The zero-order valence-electron chi connectivity index (χ0n) is 14.5. The number of halogens is 2. The average Bonchev–Trinajstić information content (AvgIpc) is 3.24. The lowest BCUT2D eigenvalue weighted by atomic mass is 10.2. The summed E-state index contributed by atoms with van der Waals surface area (Å²) in [5, 5.41) is 8.20. The van der Waals surface area contributed by atoms with Crippen molar-refractivity contribution in [2.75, 3.05) is 6.67 Å². The minimum atomic E-state index is -3.98. The predicted molar refractivity (Wildman–Crippen MR) is 95.6 cm³/mol. The first-order valence-electron chi connectivity index (χ1n) is 8.11. The summed E-state index contributed by atoms with van der Waals surface area (Å²) in [5.74, 6) is 0.881. The summed E-state index contributed by atoms with van der Waals surface area (Å²) in [7, 11) is -3.98. The molecule has 1 N–H and O–H groups in total. The molecule has 8 nitrogen and oxygen atoms in total. The highest BCUT2D eigenvalue weighted by atomic mass is 35.5. The van der Waals surface area contributed by atoms with Crippen LogP contribution in [0.3, 0.4) is 0 Å². The van der Waals surface area contributed by atoms with E-state index in [0.29, 0.717) is 35.5 Å². The highest BCUT2D eigenvalue weighted by molar-refractivity contribution is 7.89. The van der Waals surface area contributed by atoms with Crippen LogP contribution in [0.2, 0.25) is 5.02 Å². The van der Waals surface area contributed by atoms with E-state index in [4.69, 9.17) is 16.0 Å². The van der Waals surface area contributed by atoms with Gasteiger partial charge in [0.15, 0.2) is 0 Å². The fourth-order valence-corrected chi connectivity index (χ4v) is 4.56. The molecular weight excluding hydrogens is 397 g/mol. The monoisotopic (exact) mass is 411 g/mol. The van der Waals surface area contributed by atoms with Crippen molar-refractivity contribution in [3.63, 3.8) is 0 Å². The van der Waals surface area contributed by atoms with Crippen molar-refractivity contribution in [3.05, 3.63) is 28.9 Å². The zero-order valence-corrected chi connectivity index (χ0v) is 16.0. The number of nitrogens with one attached hydrogen (secondary N) is 1. The molecule has 0 saturated heterocycles. The molecule has 142 valence electrons. The molecule has 11 heteroatoms. The molecule has 1 aliphatic rings. The van der Waals surface area contributed by atoms with Gasteiger partial charge in [-0.05, 0) is 31.9 Å². The van der Waals surface area contributed by atoms with Gasteiger partial charge >= 0.3 is 0 Å². The van der Waals surface area contributed by atoms with Gasteiger partial charge in [0.05, 0.1) is 21.0 Å². The maximum atomic E-state index is 13.1. The molecule has 0 unspecified atom stereocenters. The molecule has 1 saturated carbocycles. The van der Waals surface area contributed by atoms with Crippen molar-refractivity contribution < 1.29 is 17.2 Å². The lowest BCUT2D eigenvalue weighted by molar-refractivity contribution is 0.393. The number of benzene rings is 1. The normalized spacial score (nSPS) is 16.0. The molecule has 0 aliphatic heterocycles. The van der Waals surface area contributed by atoms with Crippen LogP contribution >= 0.6 is 11.6 Å². The van der Waals surface area contributed by atoms with Gasteiger partial charge in [0, 0.05) is 12.3 Å². The molecule has 0 atom stereocenters. The summed E-state index contributed by atoms with van der Waals surface area (Å²) < 4.78 is 46.5. The fraction of sp³-hybridized carbons (Fsp3) is 0.375. The quantitative estimate of drug-likeness (QED) is 0.687. The lowest BCUT2D eigenvalue weighted by Crippen LogP contribution is -2.38. The predicted octanol–water partition coefficient (Wildman–Crippen LogP) is 2.73. The molecule has 1 aromatic carbocycles. The summed E-state index contributed by atoms with van der Waals surface area (Å²) in [6, 6.07) is 2.67. The Hall–Kier alpha value is -2.17. The molecule has 2 aromatic heterocycles. The molecule has 27 heavy (non-hydrogen) atoms. The van der Waals surface area contributed by atoms with Crippen LogP contribution in [0.25, 0.3) is 22.5 Å². The minimum absolute atomic E-state index is 0.107. The Labute approximate surface area is 159 Å². The second-order valence-electron chi connectivity index (χ2n) is 6.57. The van der Waals surface area contributed by atoms with Crippen molar-refractivity contribution in [2.45, 2.75) is 37.1 Å². The van der Waals surface area contributed by atoms with E-state index in [1.807, 2.05) is 0 Å². The highest BCUT2D eigenvalue weighted by Gasteiger charge is 2.46. The Kier molecular flexibility index (Phi) is 4.17. The van der Waals surface area contributed by atoms with Crippen molar-refractivity contribution in [2.24, 2.45) is 0 Å². The number of hydrogen-bond acceptors (Lipinski definition) is 7. The number of nitrogens with zero attached hydrogens (tertiary/aromatic N) is 4. The maximum Gasteiger partial charge on any atom is 0.267 e. The van der Waals surface area contributed by atoms with E-state index in [1.165, 1.54) is 12.1 Å². The van der Waals surface area contributed by atoms with E-state index in [-0.39, 0.29) is 21.5 Å².